The van der Waals surface area contributed by atoms with Crippen molar-refractivity contribution in [3.63, 3.8) is 0 Å². The highest BCUT2D eigenvalue weighted by Gasteiger charge is 2.21. The summed E-state index contributed by atoms with van der Waals surface area (Å²) in [6, 6.07) is 9.40. The normalized spacial score (nSPS) is 14.8. The maximum absolute atomic E-state index is 12.5. The van der Waals surface area contributed by atoms with Gasteiger partial charge in [-0.05, 0) is 59.7 Å². The first-order chi connectivity index (χ1) is 13.3. The number of para-hydroxylation sites is 1. The molecule has 2 aromatic rings. The number of likely N-dealkylation sites (N-methyl/N-ethyl adjacent to an activating group) is 1. The number of nitrogens with one attached hydrogen (secondary N) is 1. The molecule has 5 nitrogen and oxygen atoms in total. The maximum atomic E-state index is 12.5. The standard InChI is InChI=1S/C20H22Br2ClN3O2/c1-13-10-14(21)11-15(22)20(13)28-12-18(27)24-17-5-3-4-16(23)19(17)26-8-6-25(2)7-9-26/h3-5,10-11H,6-9,12H2,1-2H3,(H,24,27). The highest BCUT2D eigenvalue weighted by Crippen LogP contribution is 2.35. The third kappa shape index (κ3) is 5.20. The summed E-state index contributed by atoms with van der Waals surface area (Å²) in [7, 11) is 2.10. The number of nitrogens with zero attached hydrogens (tertiary/aromatic N) is 2. The van der Waals surface area contributed by atoms with Gasteiger partial charge in [-0.2, -0.15) is 0 Å². The fourth-order valence-electron chi connectivity index (χ4n) is 3.16. The number of anilines is 2. The molecule has 1 aliphatic heterocycles. The Hall–Kier alpha value is -1.28. The summed E-state index contributed by atoms with van der Waals surface area (Å²) < 4.78 is 7.50. The zero-order valence-electron chi connectivity index (χ0n) is 15.8. The van der Waals surface area contributed by atoms with Gasteiger partial charge < -0.3 is 19.9 Å². The number of piperazine rings is 1. The van der Waals surface area contributed by atoms with Gasteiger partial charge in [0.15, 0.2) is 6.61 Å². The van der Waals surface area contributed by atoms with E-state index in [9.17, 15) is 4.79 Å². The molecule has 0 radical (unpaired) electrons. The summed E-state index contributed by atoms with van der Waals surface area (Å²) in [6.07, 6.45) is 0. The number of carbonyl (C=O) groups excluding carboxylic acids is 1. The van der Waals surface area contributed by atoms with Crippen molar-refractivity contribution >= 4 is 60.7 Å². The highest BCUT2D eigenvalue weighted by atomic mass is 79.9. The monoisotopic (exact) mass is 529 g/mol. The van der Waals surface area contributed by atoms with Crippen molar-refractivity contribution in [2.75, 3.05) is 50.1 Å². The average Bonchev–Trinajstić information content (AvgIpc) is 2.62. The molecule has 1 N–H and O–H groups in total. The largest absolute Gasteiger partial charge is 0.482 e. The van der Waals surface area contributed by atoms with Gasteiger partial charge in [0.05, 0.1) is 20.9 Å². The number of carbonyl (C=O) groups is 1. The molecule has 0 unspecified atom stereocenters. The molecule has 3 rings (SSSR count). The van der Waals surface area contributed by atoms with Gasteiger partial charge in [0.1, 0.15) is 5.75 Å². The van der Waals surface area contributed by atoms with Crippen LogP contribution in [0.1, 0.15) is 5.56 Å². The third-order valence-corrected chi connectivity index (χ3v) is 5.97. The highest BCUT2D eigenvalue weighted by molar-refractivity contribution is 9.11. The average molecular weight is 532 g/mol. The Morgan fingerprint density at radius 2 is 1.93 bits per heavy atom. The first-order valence-corrected chi connectivity index (χ1v) is 10.9. The minimum Gasteiger partial charge on any atom is -0.482 e. The quantitative estimate of drug-likeness (QED) is 0.594. The van der Waals surface area contributed by atoms with E-state index in [0.29, 0.717) is 16.5 Å². The van der Waals surface area contributed by atoms with Gasteiger partial charge in [0.25, 0.3) is 5.91 Å². The van der Waals surface area contributed by atoms with Crippen molar-refractivity contribution in [2.45, 2.75) is 6.92 Å². The molecule has 0 aromatic heterocycles. The van der Waals surface area contributed by atoms with Crippen LogP contribution < -0.4 is 15.0 Å². The third-order valence-electron chi connectivity index (χ3n) is 4.62. The van der Waals surface area contributed by atoms with E-state index in [-0.39, 0.29) is 12.5 Å². The molecule has 0 atom stereocenters. The Morgan fingerprint density at radius 3 is 2.61 bits per heavy atom. The van der Waals surface area contributed by atoms with Crippen LogP contribution in [0.4, 0.5) is 11.4 Å². The van der Waals surface area contributed by atoms with Crippen molar-refractivity contribution in [1.29, 1.82) is 0 Å². The second-order valence-corrected chi connectivity index (χ2v) is 8.97. The molecule has 1 saturated heterocycles. The lowest BCUT2D eigenvalue weighted by molar-refractivity contribution is -0.118. The molecule has 0 aliphatic carbocycles. The lowest BCUT2D eigenvalue weighted by Gasteiger charge is -2.35. The predicted octanol–water partition coefficient (Wildman–Crippen LogP) is 4.94. The molecule has 0 spiro atoms. The summed E-state index contributed by atoms with van der Waals surface area (Å²) in [5, 5.41) is 3.59. The van der Waals surface area contributed by atoms with Gasteiger partial charge in [-0.15, -0.1) is 0 Å². The van der Waals surface area contributed by atoms with Crippen molar-refractivity contribution in [3.05, 3.63) is 49.9 Å². The fourth-order valence-corrected chi connectivity index (χ4v) is 5.01. The minimum atomic E-state index is -0.230. The zero-order chi connectivity index (χ0) is 20.3. The molecular weight excluding hydrogens is 510 g/mol. The second kappa shape index (κ2) is 9.48. The Kier molecular flexibility index (Phi) is 7.25. The van der Waals surface area contributed by atoms with E-state index in [2.05, 4.69) is 54.0 Å². The molecule has 8 heteroatoms. The van der Waals surface area contributed by atoms with Gasteiger partial charge in [-0.3, -0.25) is 4.79 Å². The van der Waals surface area contributed by atoms with Gasteiger partial charge in [0.2, 0.25) is 0 Å². The Labute approximate surface area is 187 Å². The first kappa shape index (κ1) is 21.4. The van der Waals surface area contributed by atoms with Crippen LogP contribution in [0.5, 0.6) is 5.75 Å². The van der Waals surface area contributed by atoms with Crippen LogP contribution in [0.3, 0.4) is 0 Å². The SMILES string of the molecule is Cc1cc(Br)cc(Br)c1OCC(=O)Nc1cccc(Cl)c1N1CCN(C)CC1. The van der Waals surface area contributed by atoms with Crippen LogP contribution in [0.25, 0.3) is 0 Å². The van der Waals surface area contributed by atoms with E-state index in [1.165, 1.54) is 0 Å². The predicted molar refractivity (Wildman–Crippen MR) is 122 cm³/mol. The number of hydrogen-bond acceptors (Lipinski definition) is 4. The van der Waals surface area contributed by atoms with Crippen LogP contribution in [0.2, 0.25) is 5.02 Å². The Morgan fingerprint density at radius 1 is 1.21 bits per heavy atom. The number of ether oxygens (including phenoxy) is 1. The van der Waals surface area contributed by atoms with Crippen molar-refractivity contribution in [1.82, 2.24) is 4.90 Å². The van der Waals surface area contributed by atoms with E-state index in [1.807, 2.05) is 37.3 Å². The van der Waals surface area contributed by atoms with Gasteiger partial charge >= 0.3 is 0 Å². The molecule has 1 aliphatic rings. The van der Waals surface area contributed by atoms with Crippen LogP contribution in [-0.2, 0) is 4.79 Å². The number of benzene rings is 2. The maximum Gasteiger partial charge on any atom is 0.262 e. The smallest absolute Gasteiger partial charge is 0.262 e. The Balaban J connectivity index is 1.70. The molecular formula is C20H22Br2ClN3O2. The molecule has 28 heavy (non-hydrogen) atoms. The summed E-state index contributed by atoms with van der Waals surface area (Å²) in [5.41, 5.74) is 2.51. The van der Waals surface area contributed by atoms with E-state index in [4.69, 9.17) is 16.3 Å². The van der Waals surface area contributed by atoms with Crippen LogP contribution in [-0.4, -0.2) is 50.6 Å². The molecule has 0 saturated carbocycles. The fraction of sp³-hybridized carbons (Fsp3) is 0.350. The number of amides is 1. The molecule has 1 fully saturated rings. The molecule has 2 aromatic carbocycles. The zero-order valence-corrected chi connectivity index (χ0v) is 19.7. The molecule has 1 heterocycles. The van der Waals surface area contributed by atoms with E-state index in [1.54, 1.807) is 0 Å². The van der Waals surface area contributed by atoms with Crippen LogP contribution in [0, 0.1) is 6.92 Å². The number of halogens is 3. The van der Waals surface area contributed by atoms with E-state index >= 15 is 0 Å². The van der Waals surface area contributed by atoms with Crippen molar-refractivity contribution in [3.8, 4) is 5.75 Å². The van der Waals surface area contributed by atoms with Crippen molar-refractivity contribution in [2.24, 2.45) is 0 Å². The molecule has 1 amide bonds. The number of rotatable bonds is 5. The number of hydrogen-bond donors (Lipinski definition) is 1. The van der Waals surface area contributed by atoms with E-state index < -0.39 is 0 Å². The summed E-state index contributed by atoms with van der Waals surface area (Å²) in [4.78, 5) is 17.0. The Bertz CT molecular complexity index is 848. The summed E-state index contributed by atoms with van der Waals surface area (Å²) >= 11 is 13.4. The van der Waals surface area contributed by atoms with Crippen LogP contribution in [0.15, 0.2) is 39.3 Å². The van der Waals surface area contributed by atoms with Crippen molar-refractivity contribution < 1.29 is 9.53 Å². The summed E-state index contributed by atoms with van der Waals surface area (Å²) in [6.45, 7) is 5.49. The number of aryl methyl sites for hydroxylation is 1. The molecule has 0 bridgehead atoms. The minimum absolute atomic E-state index is 0.0875. The van der Waals surface area contributed by atoms with Gasteiger partial charge in [0, 0.05) is 30.7 Å². The summed E-state index contributed by atoms with van der Waals surface area (Å²) in [5.74, 6) is 0.426. The lowest BCUT2D eigenvalue weighted by atomic mass is 10.2. The second-order valence-electron chi connectivity index (χ2n) is 6.80. The lowest BCUT2D eigenvalue weighted by Crippen LogP contribution is -2.45. The topological polar surface area (TPSA) is 44.8 Å². The van der Waals surface area contributed by atoms with Gasteiger partial charge in [-0.25, -0.2) is 0 Å². The van der Waals surface area contributed by atoms with E-state index in [0.717, 1.165) is 46.4 Å². The molecule has 150 valence electrons. The first-order valence-electron chi connectivity index (χ1n) is 8.95. The van der Waals surface area contributed by atoms with Crippen LogP contribution >= 0.6 is 43.5 Å². The van der Waals surface area contributed by atoms with Gasteiger partial charge in [-0.1, -0.05) is 33.6 Å².